The summed E-state index contributed by atoms with van der Waals surface area (Å²) in [5, 5.41) is 8.06. The monoisotopic (exact) mass is 149 g/mol. The Balaban J connectivity index is 3.60. The first-order valence-corrected chi connectivity index (χ1v) is 6.18. The van der Waals surface area contributed by atoms with Gasteiger partial charge in [0.15, 0.2) is 0 Å². The molecule has 9 heavy (non-hydrogen) atoms. The van der Waals surface area contributed by atoms with E-state index in [4.69, 9.17) is 5.21 Å². The molecule has 0 heterocycles. The third-order valence-corrected chi connectivity index (χ3v) is 1.57. The van der Waals surface area contributed by atoms with Crippen LogP contribution in [0.25, 0.3) is 0 Å². The van der Waals surface area contributed by atoms with Gasteiger partial charge in [0.1, 0.15) is 8.24 Å². The minimum absolute atomic E-state index is 0.519. The SMILES string of the molecule is C[Si](C)(C)NC(=O)[15NH]O. The second-order valence-electron chi connectivity index (χ2n) is 2.82. The summed E-state index contributed by atoms with van der Waals surface area (Å²) in [6, 6.07) is -0.519. The topological polar surface area (TPSA) is 61.4 Å². The lowest BCUT2D eigenvalue weighted by Crippen LogP contribution is -2.49. The van der Waals surface area contributed by atoms with E-state index in [0.717, 1.165) is 0 Å². The van der Waals surface area contributed by atoms with Gasteiger partial charge in [-0.25, -0.2) is 10.3 Å². The fraction of sp³-hybridized carbons (Fsp3) is 0.750. The zero-order valence-corrected chi connectivity index (χ0v) is 6.86. The van der Waals surface area contributed by atoms with Crippen molar-refractivity contribution in [3.05, 3.63) is 0 Å². The van der Waals surface area contributed by atoms with Crippen LogP contribution in [0.4, 0.5) is 4.79 Å². The number of amides is 2. The average molecular weight is 149 g/mol. The Labute approximate surface area is 55.3 Å². The molecule has 0 rings (SSSR count). The number of carbonyl (C=O) groups is 1. The molecule has 4 nitrogen and oxygen atoms in total. The van der Waals surface area contributed by atoms with Crippen LogP contribution in [0.15, 0.2) is 0 Å². The minimum Gasteiger partial charge on any atom is -0.363 e. The number of hydroxylamine groups is 1. The fourth-order valence-electron chi connectivity index (χ4n) is 0.369. The number of rotatable bonds is 1. The second-order valence-corrected chi connectivity index (χ2v) is 7.57. The lowest BCUT2D eigenvalue weighted by atomic mass is 11.3. The number of hydrogen-bond acceptors (Lipinski definition) is 2. The smallest absolute Gasteiger partial charge is 0.330 e. The third-order valence-electron chi connectivity index (χ3n) is 0.590. The molecule has 0 bridgehead atoms. The molecule has 0 aliphatic heterocycles. The van der Waals surface area contributed by atoms with Crippen molar-refractivity contribution in [1.82, 2.24) is 10.5 Å². The molecular weight excluding hydrogens is 137 g/mol. The van der Waals surface area contributed by atoms with E-state index in [1.54, 1.807) is 0 Å². The van der Waals surface area contributed by atoms with Gasteiger partial charge in [-0.05, 0) is 0 Å². The van der Waals surface area contributed by atoms with E-state index in [1.165, 1.54) is 5.48 Å². The summed E-state index contributed by atoms with van der Waals surface area (Å²) in [6.07, 6.45) is 0. The van der Waals surface area contributed by atoms with E-state index in [-0.39, 0.29) is 0 Å². The van der Waals surface area contributed by atoms with Gasteiger partial charge in [-0.3, -0.25) is 5.21 Å². The zero-order chi connectivity index (χ0) is 7.49. The van der Waals surface area contributed by atoms with Crippen LogP contribution in [0.1, 0.15) is 0 Å². The molecule has 54 valence electrons. The Kier molecular flexibility index (Phi) is 2.66. The normalized spacial score (nSPS) is 10.7. The van der Waals surface area contributed by atoms with E-state index in [2.05, 4.69) is 4.98 Å². The van der Waals surface area contributed by atoms with E-state index in [9.17, 15) is 4.79 Å². The maximum Gasteiger partial charge on any atom is 0.330 e. The standard InChI is InChI=1S/C4H12N2O2Si/c1-9(2,3)6-4(7)5-8/h8H,1-3H3,(H2,5,6,7)/i5+1. The molecule has 0 aromatic carbocycles. The molecule has 5 heteroatoms. The summed E-state index contributed by atoms with van der Waals surface area (Å²) >= 11 is 0. The van der Waals surface area contributed by atoms with Crippen LogP contribution >= 0.6 is 0 Å². The van der Waals surface area contributed by atoms with Crippen LogP contribution < -0.4 is 10.5 Å². The van der Waals surface area contributed by atoms with Crippen LogP contribution in [0.3, 0.4) is 0 Å². The Morgan fingerprint density at radius 1 is 1.44 bits per heavy atom. The van der Waals surface area contributed by atoms with E-state index in [0.29, 0.717) is 0 Å². The number of urea groups is 1. The summed E-state index contributed by atoms with van der Waals surface area (Å²) in [6.45, 7) is 5.88. The summed E-state index contributed by atoms with van der Waals surface area (Å²) in [7, 11) is -1.56. The van der Waals surface area contributed by atoms with Crippen molar-refractivity contribution in [2.24, 2.45) is 0 Å². The van der Waals surface area contributed by atoms with Gasteiger partial charge in [-0.15, -0.1) is 0 Å². The number of nitrogens with one attached hydrogen (secondary N) is 2. The maximum atomic E-state index is 10.4. The van der Waals surface area contributed by atoms with Gasteiger partial charge in [0.05, 0.1) is 0 Å². The highest BCUT2D eigenvalue weighted by atomic mass is 28.3. The van der Waals surface area contributed by atoms with Gasteiger partial charge >= 0.3 is 6.03 Å². The van der Waals surface area contributed by atoms with Crippen LogP contribution in [0, 0.1) is 0 Å². The predicted molar refractivity (Wildman–Crippen MR) is 36.8 cm³/mol. The second kappa shape index (κ2) is 2.84. The molecule has 0 saturated heterocycles. The van der Waals surface area contributed by atoms with Gasteiger partial charge in [-0.1, -0.05) is 19.6 Å². The molecule has 0 aromatic rings. The van der Waals surface area contributed by atoms with Crippen LogP contribution in [-0.4, -0.2) is 19.5 Å². The van der Waals surface area contributed by atoms with Gasteiger partial charge < -0.3 is 4.98 Å². The van der Waals surface area contributed by atoms with Gasteiger partial charge in [0.25, 0.3) is 0 Å². The third kappa shape index (κ3) is 5.32. The van der Waals surface area contributed by atoms with Crippen molar-refractivity contribution >= 4 is 14.3 Å². The summed E-state index contributed by atoms with van der Waals surface area (Å²) in [5.74, 6) is 0. The quantitative estimate of drug-likeness (QED) is 0.220. The molecule has 3 N–H and O–H groups in total. The summed E-state index contributed by atoms with van der Waals surface area (Å²) in [5.41, 5.74) is 1.51. The average Bonchev–Trinajstić information content (AvgIpc) is 1.62. The molecule has 0 saturated carbocycles. The molecule has 0 radical (unpaired) electrons. The van der Waals surface area contributed by atoms with Crippen molar-refractivity contribution in [3.8, 4) is 0 Å². The Hall–Kier alpha value is -0.553. The molecule has 0 spiro atoms. The van der Waals surface area contributed by atoms with E-state index >= 15 is 0 Å². The van der Waals surface area contributed by atoms with Gasteiger partial charge in [0.2, 0.25) is 0 Å². The first-order valence-electron chi connectivity index (χ1n) is 2.68. The predicted octanol–water partition coefficient (Wildman–Crippen LogP) is 0.510. The summed E-state index contributed by atoms with van der Waals surface area (Å²) < 4.78 is 0. The van der Waals surface area contributed by atoms with Crippen LogP contribution in [0.2, 0.25) is 19.6 Å². The van der Waals surface area contributed by atoms with Crippen molar-refractivity contribution in [2.75, 3.05) is 0 Å². The molecule has 0 unspecified atom stereocenters. The van der Waals surface area contributed by atoms with Crippen molar-refractivity contribution < 1.29 is 10.0 Å². The van der Waals surface area contributed by atoms with Crippen molar-refractivity contribution in [2.45, 2.75) is 19.6 Å². The Morgan fingerprint density at radius 2 is 1.89 bits per heavy atom. The first kappa shape index (κ1) is 8.45. The summed E-state index contributed by atoms with van der Waals surface area (Å²) in [4.78, 5) is 13.0. The minimum atomic E-state index is -1.56. The number of hydrogen-bond donors (Lipinski definition) is 3. The van der Waals surface area contributed by atoms with Gasteiger partial charge in [0, 0.05) is 0 Å². The van der Waals surface area contributed by atoms with Crippen molar-refractivity contribution in [3.63, 3.8) is 0 Å². The van der Waals surface area contributed by atoms with Crippen LogP contribution in [-0.2, 0) is 0 Å². The molecule has 0 aliphatic rings. The first-order chi connectivity index (χ1) is 3.95. The van der Waals surface area contributed by atoms with Crippen LogP contribution in [0.5, 0.6) is 0 Å². The maximum absolute atomic E-state index is 10.4. The highest BCUT2D eigenvalue weighted by Crippen LogP contribution is 1.92. The Morgan fingerprint density at radius 3 is 2.00 bits per heavy atom. The molecule has 0 aliphatic carbocycles. The molecule has 2 amide bonds. The van der Waals surface area contributed by atoms with Crippen molar-refractivity contribution in [1.29, 1.82) is 0 Å². The highest BCUT2D eigenvalue weighted by Gasteiger charge is 2.15. The molecule has 0 aromatic heterocycles. The molecule has 0 atom stereocenters. The molecular formula is C4H12N2O2Si. The van der Waals surface area contributed by atoms with E-state index in [1.807, 2.05) is 19.6 Å². The zero-order valence-electron chi connectivity index (χ0n) is 5.86. The lowest BCUT2D eigenvalue weighted by molar-refractivity contribution is 0.165. The fourth-order valence-corrected chi connectivity index (χ4v) is 1.11. The molecule has 0 fully saturated rings. The lowest BCUT2D eigenvalue weighted by Gasteiger charge is -2.16. The number of carbonyl (C=O) groups excluding carboxylic acids is 1. The largest absolute Gasteiger partial charge is 0.363 e. The highest BCUT2D eigenvalue weighted by molar-refractivity contribution is 6.75. The van der Waals surface area contributed by atoms with Gasteiger partial charge in [-0.2, -0.15) is 0 Å². The van der Waals surface area contributed by atoms with E-state index < -0.39 is 14.3 Å². The Bertz CT molecular complexity index is 110.